The predicted octanol–water partition coefficient (Wildman–Crippen LogP) is 3.52. The van der Waals surface area contributed by atoms with E-state index in [-0.39, 0.29) is 10.5 Å². The van der Waals surface area contributed by atoms with Gasteiger partial charge in [0.25, 0.3) is 0 Å². The minimum atomic E-state index is -4.63. The van der Waals surface area contributed by atoms with E-state index in [4.69, 9.17) is 5.73 Å². The van der Waals surface area contributed by atoms with Crippen LogP contribution in [0.1, 0.15) is 5.56 Å². The first-order valence-electron chi connectivity index (χ1n) is 8.02. The van der Waals surface area contributed by atoms with Crippen molar-refractivity contribution in [3.05, 3.63) is 48.3 Å². The fourth-order valence-corrected chi connectivity index (χ4v) is 4.18. The van der Waals surface area contributed by atoms with Gasteiger partial charge in [0.05, 0.1) is 22.3 Å². The zero-order valence-corrected chi connectivity index (χ0v) is 16.3. The summed E-state index contributed by atoms with van der Waals surface area (Å²) >= 11 is 1.10. The molecular formula is C17H12F3N5O2S2. The molecule has 2 N–H and O–H groups in total. The van der Waals surface area contributed by atoms with Gasteiger partial charge >= 0.3 is 6.18 Å². The maximum Gasteiger partial charge on any atom is 0.419 e. The zero-order chi connectivity index (χ0) is 21.0. The van der Waals surface area contributed by atoms with E-state index in [0.717, 1.165) is 23.7 Å². The highest BCUT2D eigenvalue weighted by atomic mass is 32.2. The van der Waals surface area contributed by atoms with Crippen molar-refractivity contribution in [2.75, 3.05) is 12.0 Å². The fourth-order valence-electron chi connectivity index (χ4n) is 2.70. The van der Waals surface area contributed by atoms with E-state index in [1.807, 2.05) is 0 Å². The fraction of sp³-hybridized carbons (Fsp3) is 0.118. The Morgan fingerprint density at radius 3 is 2.38 bits per heavy atom. The molecule has 4 aromatic rings. The molecule has 150 valence electrons. The molecule has 0 saturated carbocycles. The molecule has 1 aromatic carbocycles. The quantitative estimate of drug-likeness (QED) is 0.524. The van der Waals surface area contributed by atoms with Crippen molar-refractivity contribution in [3.8, 4) is 21.8 Å². The van der Waals surface area contributed by atoms with Gasteiger partial charge < -0.3 is 5.73 Å². The lowest BCUT2D eigenvalue weighted by atomic mass is 10.2. The molecule has 0 amide bonds. The van der Waals surface area contributed by atoms with Crippen molar-refractivity contribution in [1.82, 2.24) is 19.6 Å². The van der Waals surface area contributed by atoms with Crippen molar-refractivity contribution in [3.63, 3.8) is 0 Å². The second kappa shape index (κ2) is 6.52. The summed E-state index contributed by atoms with van der Waals surface area (Å²) in [5, 5.41) is 4.64. The molecule has 29 heavy (non-hydrogen) atoms. The SMILES string of the molecule is CS(=O)(=O)c1ccc(-c2cnc3sc(-c4cnc(N)c(C(F)(F)F)c4)nn23)cc1. The van der Waals surface area contributed by atoms with Crippen LogP contribution in [0.5, 0.6) is 0 Å². The first-order chi connectivity index (χ1) is 13.5. The molecule has 0 atom stereocenters. The van der Waals surface area contributed by atoms with Crippen LogP contribution < -0.4 is 5.73 Å². The van der Waals surface area contributed by atoms with Crippen LogP contribution in [0.15, 0.2) is 47.6 Å². The average molecular weight is 439 g/mol. The van der Waals surface area contributed by atoms with Crippen LogP contribution in [-0.2, 0) is 16.0 Å². The average Bonchev–Trinajstić information content (AvgIpc) is 3.21. The van der Waals surface area contributed by atoms with Gasteiger partial charge in [-0.3, -0.25) is 0 Å². The molecule has 7 nitrogen and oxygen atoms in total. The molecule has 0 aliphatic heterocycles. The summed E-state index contributed by atoms with van der Waals surface area (Å²) in [6, 6.07) is 7.08. The van der Waals surface area contributed by atoms with Crippen LogP contribution in [0.2, 0.25) is 0 Å². The maximum absolute atomic E-state index is 13.1. The number of pyridine rings is 1. The number of alkyl halides is 3. The Bertz CT molecular complexity index is 1330. The van der Waals surface area contributed by atoms with Crippen LogP contribution in [0.25, 0.3) is 26.8 Å². The number of aromatic nitrogens is 4. The highest BCUT2D eigenvalue weighted by Crippen LogP contribution is 2.36. The molecule has 0 saturated heterocycles. The van der Waals surface area contributed by atoms with Crippen LogP contribution in [0, 0.1) is 0 Å². The lowest BCUT2D eigenvalue weighted by Gasteiger charge is -2.09. The number of sulfone groups is 1. The third kappa shape index (κ3) is 3.56. The third-order valence-electron chi connectivity index (χ3n) is 4.13. The van der Waals surface area contributed by atoms with Crippen molar-refractivity contribution in [2.45, 2.75) is 11.1 Å². The van der Waals surface area contributed by atoms with Gasteiger partial charge in [0.1, 0.15) is 10.8 Å². The van der Waals surface area contributed by atoms with E-state index in [9.17, 15) is 21.6 Å². The van der Waals surface area contributed by atoms with Gasteiger partial charge in [-0.1, -0.05) is 23.5 Å². The summed E-state index contributed by atoms with van der Waals surface area (Å²) in [7, 11) is -3.33. The van der Waals surface area contributed by atoms with Crippen LogP contribution in [0.4, 0.5) is 19.0 Å². The minimum absolute atomic E-state index is 0.167. The van der Waals surface area contributed by atoms with Gasteiger partial charge in [-0.05, 0) is 18.2 Å². The Labute approximate surface area is 166 Å². The summed E-state index contributed by atoms with van der Waals surface area (Å²) in [4.78, 5) is 8.50. The number of nitrogen functional groups attached to an aromatic ring is 1. The number of fused-ring (bicyclic) bond motifs is 1. The van der Waals surface area contributed by atoms with Crippen molar-refractivity contribution in [2.24, 2.45) is 0 Å². The summed E-state index contributed by atoms with van der Waals surface area (Å²) < 4.78 is 64.0. The van der Waals surface area contributed by atoms with Gasteiger partial charge in [-0.25, -0.2) is 22.9 Å². The number of halogens is 3. The number of imidazole rings is 1. The van der Waals surface area contributed by atoms with E-state index in [0.29, 0.717) is 21.2 Å². The highest BCUT2D eigenvalue weighted by Gasteiger charge is 2.34. The molecule has 4 rings (SSSR count). The predicted molar refractivity (Wildman–Crippen MR) is 102 cm³/mol. The molecule has 0 bridgehead atoms. The number of nitrogens with zero attached hydrogens (tertiary/aromatic N) is 4. The Balaban J connectivity index is 1.77. The number of anilines is 1. The van der Waals surface area contributed by atoms with E-state index >= 15 is 0 Å². The maximum atomic E-state index is 13.1. The summed E-state index contributed by atoms with van der Waals surface area (Å²) in [6.45, 7) is 0. The first kappa shape index (κ1) is 19.3. The number of hydrogen-bond donors (Lipinski definition) is 1. The molecule has 0 fully saturated rings. The van der Waals surface area contributed by atoms with E-state index in [2.05, 4.69) is 15.1 Å². The van der Waals surface area contributed by atoms with Crippen molar-refractivity contribution < 1.29 is 21.6 Å². The van der Waals surface area contributed by atoms with Crippen molar-refractivity contribution >= 4 is 32.0 Å². The monoisotopic (exact) mass is 439 g/mol. The summed E-state index contributed by atoms with van der Waals surface area (Å²) in [6.07, 6.45) is -0.734. The Morgan fingerprint density at radius 2 is 1.76 bits per heavy atom. The minimum Gasteiger partial charge on any atom is -0.383 e. The zero-order valence-electron chi connectivity index (χ0n) is 14.7. The largest absolute Gasteiger partial charge is 0.419 e. The molecule has 3 aromatic heterocycles. The summed E-state index contributed by atoms with van der Waals surface area (Å²) in [5.74, 6) is -0.603. The van der Waals surface area contributed by atoms with Crippen molar-refractivity contribution in [1.29, 1.82) is 0 Å². The number of nitrogens with two attached hydrogens (primary N) is 1. The lowest BCUT2D eigenvalue weighted by molar-refractivity contribution is -0.137. The second-order valence-corrected chi connectivity index (χ2v) is 9.17. The normalized spacial score (nSPS) is 12.6. The standard InChI is InChI=1S/C17H12F3N5O2S2/c1-29(26,27)11-4-2-9(3-5-11)13-8-23-16-25(13)24-15(28-16)10-6-12(17(18,19)20)14(21)22-7-10/h2-8H,1H3,(H2,21,22). The van der Waals surface area contributed by atoms with Crippen LogP contribution in [-0.4, -0.2) is 34.3 Å². The van der Waals surface area contributed by atoms with Gasteiger partial charge in [0, 0.05) is 23.6 Å². The number of benzene rings is 1. The molecule has 3 heterocycles. The van der Waals surface area contributed by atoms with E-state index in [1.165, 1.54) is 22.8 Å². The van der Waals surface area contributed by atoms with E-state index < -0.39 is 27.4 Å². The molecule has 0 unspecified atom stereocenters. The van der Waals surface area contributed by atoms with Gasteiger partial charge in [0.15, 0.2) is 9.84 Å². The smallest absolute Gasteiger partial charge is 0.383 e. The molecule has 0 radical (unpaired) electrons. The lowest BCUT2D eigenvalue weighted by Crippen LogP contribution is -2.10. The molecule has 0 aliphatic carbocycles. The Morgan fingerprint density at radius 1 is 1.07 bits per heavy atom. The summed E-state index contributed by atoms with van der Waals surface area (Å²) in [5.41, 5.74) is 5.71. The molecule has 0 spiro atoms. The highest BCUT2D eigenvalue weighted by molar-refractivity contribution is 7.90. The van der Waals surface area contributed by atoms with E-state index in [1.54, 1.807) is 18.3 Å². The number of hydrogen-bond acceptors (Lipinski definition) is 7. The Hall–Kier alpha value is -2.99. The molecule has 12 heteroatoms. The van der Waals surface area contributed by atoms with Crippen LogP contribution in [0.3, 0.4) is 0 Å². The van der Waals surface area contributed by atoms with Gasteiger partial charge in [-0.15, -0.1) is 0 Å². The first-order valence-corrected chi connectivity index (χ1v) is 10.7. The molecular weight excluding hydrogens is 427 g/mol. The second-order valence-electron chi connectivity index (χ2n) is 6.20. The Kier molecular flexibility index (Phi) is 4.35. The van der Waals surface area contributed by atoms with Crippen LogP contribution >= 0.6 is 11.3 Å². The molecule has 0 aliphatic rings. The third-order valence-corrected chi connectivity index (χ3v) is 6.23. The van der Waals surface area contributed by atoms with Gasteiger partial charge in [0.2, 0.25) is 4.96 Å². The topological polar surface area (TPSA) is 103 Å². The number of rotatable bonds is 3. The van der Waals surface area contributed by atoms with Gasteiger partial charge in [-0.2, -0.15) is 18.3 Å².